The fraction of sp³-hybridized carbons (Fsp3) is 1.00. The Morgan fingerprint density at radius 2 is 1.85 bits per heavy atom. The van der Waals surface area contributed by atoms with Crippen molar-refractivity contribution in [3.63, 3.8) is 0 Å². The molecule has 0 bridgehead atoms. The summed E-state index contributed by atoms with van der Waals surface area (Å²) < 4.78 is 0. The molecule has 0 aromatic rings. The van der Waals surface area contributed by atoms with Crippen LogP contribution in [-0.4, -0.2) is 24.3 Å². The molecule has 2 heteroatoms. The number of nitrogens with one attached hydrogen (secondary N) is 1. The Hall–Kier alpha value is -0.0800. The van der Waals surface area contributed by atoms with Crippen molar-refractivity contribution in [1.29, 1.82) is 0 Å². The number of hydrogen-bond donors (Lipinski definition) is 2. The molecule has 2 rings (SSSR count). The number of aliphatic hydroxyl groups is 1. The minimum absolute atomic E-state index is 0.181. The highest BCUT2D eigenvalue weighted by molar-refractivity contribution is 4.90. The number of aliphatic hydroxyl groups excluding tert-OH is 1. The lowest BCUT2D eigenvalue weighted by Gasteiger charge is -2.42. The molecule has 20 heavy (non-hydrogen) atoms. The fourth-order valence-electron chi connectivity index (χ4n) is 4.48. The summed E-state index contributed by atoms with van der Waals surface area (Å²) in [6.07, 6.45) is 10.5. The Kier molecular flexibility index (Phi) is 5.92. The van der Waals surface area contributed by atoms with Crippen LogP contribution < -0.4 is 5.32 Å². The van der Waals surface area contributed by atoms with E-state index in [1.165, 1.54) is 51.4 Å². The van der Waals surface area contributed by atoms with Gasteiger partial charge in [0.25, 0.3) is 0 Å². The van der Waals surface area contributed by atoms with E-state index < -0.39 is 0 Å². The topological polar surface area (TPSA) is 32.3 Å². The summed E-state index contributed by atoms with van der Waals surface area (Å²) in [6, 6.07) is 0.670. The molecule has 118 valence electrons. The molecule has 2 saturated carbocycles. The van der Waals surface area contributed by atoms with Gasteiger partial charge in [-0.15, -0.1) is 0 Å². The van der Waals surface area contributed by atoms with Gasteiger partial charge in [0.1, 0.15) is 0 Å². The standard InChI is InChI=1S/C18H35NO/c1-14(2)16-8-7-15(3)11-17(16)19-12-18(13-20)9-5-4-6-10-18/h14-17,19-20H,4-13H2,1-3H3. The Labute approximate surface area is 125 Å². The van der Waals surface area contributed by atoms with E-state index in [9.17, 15) is 5.11 Å². The van der Waals surface area contributed by atoms with Crippen molar-refractivity contribution in [2.75, 3.05) is 13.2 Å². The maximum Gasteiger partial charge on any atom is 0.0499 e. The maximum absolute atomic E-state index is 9.86. The molecule has 0 amide bonds. The van der Waals surface area contributed by atoms with Crippen molar-refractivity contribution >= 4 is 0 Å². The Bertz CT molecular complexity index is 283. The average molecular weight is 281 g/mol. The first-order valence-corrected chi connectivity index (χ1v) is 8.90. The first-order chi connectivity index (χ1) is 9.56. The van der Waals surface area contributed by atoms with Gasteiger partial charge in [0.05, 0.1) is 0 Å². The molecule has 0 spiro atoms. The normalized spacial score (nSPS) is 34.4. The second kappa shape index (κ2) is 7.26. The lowest BCUT2D eigenvalue weighted by atomic mass is 9.72. The molecule has 2 N–H and O–H groups in total. The summed E-state index contributed by atoms with van der Waals surface area (Å²) >= 11 is 0. The molecule has 0 aromatic heterocycles. The summed E-state index contributed by atoms with van der Waals surface area (Å²) in [5.41, 5.74) is 0.181. The van der Waals surface area contributed by atoms with E-state index in [1.54, 1.807) is 0 Å². The molecule has 2 aliphatic carbocycles. The van der Waals surface area contributed by atoms with Gasteiger partial charge < -0.3 is 10.4 Å². The van der Waals surface area contributed by atoms with Gasteiger partial charge in [0.2, 0.25) is 0 Å². The summed E-state index contributed by atoms with van der Waals surface area (Å²) in [5.74, 6) is 2.46. The minimum Gasteiger partial charge on any atom is -0.396 e. The number of rotatable bonds is 5. The van der Waals surface area contributed by atoms with Gasteiger partial charge in [-0.05, 0) is 43.4 Å². The van der Waals surface area contributed by atoms with E-state index in [1.807, 2.05) is 0 Å². The summed E-state index contributed by atoms with van der Waals surface area (Å²) in [7, 11) is 0. The van der Waals surface area contributed by atoms with Gasteiger partial charge in [0, 0.05) is 24.6 Å². The van der Waals surface area contributed by atoms with Crippen LogP contribution in [0.1, 0.15) is 72.1 Å². The highest BCUT2D eigenvalue weighted by Gasteiger charge is 2.35. The molecule has 0 saturated heterocycles. The second-order valence-corrected chi connectivity index (χ2v) is 8.03. The molecular weight excluding hydrogens is 246 g/mol. The Morgan fingerprint density at radius 3 is 2.45 bits per heavy atom. The van der Waals surface area contributed by atoms with Crippen LogP contribution in [0.3, 0.4) is 0 Å². The third-order valence-electron chi connectivity index (χ3n) is 6.01. The van der Waals surface area contributed by atoms with Crippen molar-refractivity contribution in [1.82, 2.24) is 5.32 Å². The van der Waals surface area contributed by atoms with Crippen molar-refractivity contribution in [2.24, 2.45) is 23.2 Å². The van der Waals surface area contributed by atoms with Gasteiger partial charge in [-0.2, -0.15) is 0 Å². The highest BCUT2D eigenvalue weighted by atomic mass is 16.3. The van der Waals surface area contributed by atoms with Gasteiger partial charge in [-0.3, -0.25) is 0 Å². The Balaban J connectivity index is 1.92. The van der Waals surface area contributed by atoms with Crippen LogP contribution in [0.2, 0.25) is 0 Å². The summed E-state index contributed by atoms with van der Waals surface area (Å²) in [4.78, 5) is 0. The molecule has 3 unspecified atom stereocenters. The van der Waals surface area contributed by atoms with E-state index in [0.29, 0.717) is 12.6 Å². The molecule has 0 heterocycles. The second-order valence-electron chi connectivity index (χ2n) is 8.03. The average Bonchev–Trinajstić information content (AvgIpc) is 2.46. The SMILES string of the molecule is CC1CCC(C(C)C)C(NCC2(CO)CCCCC2)C1. The van der Waals surface area contributed by atoms with Gasteiger partial charge in [0.15, 0.2) is 0 Å². The van der Waals surface area contributed by atoms with Crippen LogP contribution in [0.4, 0.5) is 0 Å². The zero-order valence-electron chi connectivity index (χ0n) is 13.8. The molecule has 0 aromatic carbocycles. The van der Waals surface area contributed by atoms with E-state index in [-0.39, 0.29) is 5.41 Å². The van der Waals surface area contributed by atoms with Crippen LogP contribution in [0.15, 0.2) is 0 Å². The van der Waals surface area contributed by atoms with Crippen LogP contribution >= 0.6 is 0 Å². The van der Waals surface area contributed by atoms with E-state index in [0.717, 1.165) is 24.3 Å². The summed E-state index contributed by atoms with van der Waals surface area (Å²) in [6.45, 7) is 8.54. The zero-order chi connectivity index (χ0) is 14.6. The minimum atomic E-state index is 0.181. The number of hydrogen-bond acceptors (Lipinski definition) is 2. The fourth-order valence-corrected chi connectivity index (χ4v) is 4.48. The monoisotopic (exact) mass is 281 g/mol. The van der Waals surface area contributed by atoms with Crippen LogP contribution in [0.25, 0.3) is 0 Å². The predicted molar refractivity (Wildman–Crippen MR) is 85.7 cm³/mol. The molecule has 0 aliphatic heterocycles. The maximum atomic E-state index is 9.86. The smallest absolute Gasteiger partial charge is 0.0499 e. The van der Waals surface area contributed by atoms with E-state index >= 15 is 0 Å². The van der Waals surface area contributed by atoms with Crippen molar-refractivity contribution in [3.8, 4) is 0 Å². The van der Waals surface area contributed by atoms with Crippen molar-refractivity contribution in [3.05, 3.63) is 0 Å². The van der Waals surface area contributed by atoms with Crippen molar-refractivity contribution < 1.29 is 5.11 Å². The van der Waals surface area contributed by atoms with Gasteiger partial charge in [-0.25, -0.2) is 0 Å². The molecule has 3 atom stereocenters. The lowest BCUT2D eigenvalue weighted by Crippen LogP contribution is -2.48. The molecule has 2 fully saturated rings. The lowest BCUT2D eigenvalue weighted by molar-refractivity contribution is 0.0668. The zero-order valence-corrected chi connectivity index (χ0v) is 13.8. The molecule has 2 aliphatic rings. The Morgan fingerprint density at radius 1 is 1.15 bits per heavy atom. The first-order valence-electron chi connectivity index (χ1n) is 8.90. The van der Waals surface area contributed by atoms with Gasteiger partial charge in [-0.1, -0.05) is 46.5 Å². The quantitative estimate of drug-likeness (QED) is 0.799. The largest absolute Gasteiger partial charge is 0.396 e. The molecular formula is C18H35NO. The predicted octanol–water partition coefficient (Wildman–Crippen LogP) is 3.98. The van der Waals surface area contributed by atoms with E-state index in [4.69, 9.17) is 0 Å². The summed E-state index contributed by atoms with van der Waals surface area (Å²) in [5, 5.41) is 13.7. The molecule has 0 radical (unpaired) electrons. The van der Waals surface area contributed by atoms with Crippen molar-refractivity contribution in [2.45, 2.75) is 78.2 Å². The van der Waals surface area contributed by atoms with E-state index in [2.05, 4.69) is 26.1 Å². The van der Waals surface area contributed by atoms with Crippen LogP contribution in [0.5, 0.6) is 0 Å². The highest BCUT2D eigenvalue weighted by Crippen LogP contribution is 2.37. The first kappa shape index (κ1) is 16.3. The van der Waals surface area contributed by atoms with Crippen LogP contribution in [0, 0.1) is 23.2 Å². The van der Waals surface area contributed by atoms with Crippen LogP contribution in [-0.2, 0) is 0 Å². The molecule has 2 nitrogen and oxygen atoms in total. The van der Waals surface area contributed by atoms with Gasteiger partial charge >= 0.3 is 0 Å². The third-order valence-corrected chi connectivity index (χ3v) is 6.01. The third kappa shape index (κ3) is 3.98.